The number of aromatic nitrogens is 2. The highest BCUT2D eigenvalue weighted by Crippen LogP contribution is 2.22. The van der Waals surface area contributed by atoms with Crippen LogP contribution in [-0.4, -0.2) is 20.9 Å². The van der Waals surface area contributed by atoms with E-state index in [1.807, 2.05) is 30.3 Å². The summed E-state index contributed by atoms with van der Waals surface area (Å²) in [6, 6.07) is 14.4. The number of rotatable bonds is 3. The van der Waals surface area contributed by atoms with Gasteiger partial charge in [0.15, 0.2) is 0 Å². The molecule has 0 saturated carbocycles. The van der Waals surface area contributed by atoms with E-state index >= 15 is 0 Å². The highest BCUT2D eigenvalue weighted by Gasteiger charge is 2.13. The summed E-state index contributed by atoms with van der Waals surface area (Å²) < 4.78 is 1.53. The van der Waals surface area contributed by atoms with Gasteiger partial charge in [0.1, 0.15) is 0 Å². The van der Waals surface area contributed by atoms with Crippen LogP contribution in [0, 0.1) is 0 Å². The lowest BCUT2D eigenvalue weighted by molar-refractivity contribution is 0.0697. The Hall–Kier alpha value is -3.08. The summed E-state index contributed by atoms with van der Waals surface area (Å²) in [5.74, 6) is -1.01. The first-order valence-corrected chi connectivity index (χ1v) is 6.38. The highest BCUT2D eigenvalue weighted by atomic mass is 16.4. The molecular weight excluding hydrogens is 266 g/mol. The minimum absolute atomic E-state index is 0.159. The van der Waals surface area contributed by atoms with Gasteiger partial charge in [0.05, 0.1) is 17.4 Å². The van der Waals surface area contributed by atoms with Crippen molar-refractivity contribution in [3.05, 3.63) is 66.5 Å². The van der Waals surface area contributed by atoms with E-state index in [0.717, 1.165) is 11.1 Å². The fraction of sp³-hybridized carbons (Fsp3) is 0. The molecule has 0 aliphatic carbocycles. The molecule has 5 heteroatoms. The van der Waals surface area contributed by atoms with Gasteiger partial charge in [-0.15, -0.1) is 0 Å². The number of nitrogens with zero attached hydrogens (tertiary/aromatic N) is 2. The Labute approximate surface area is 121 Å². The molecule has 0 unspecified atom stereocenters. The predicted octanol–water partition coefficient (Wildman–Crippen LogP) is 2.82. The molecule has 3 N–H and O–H groups in total. The lowest BCUT2D eigenvalue weighted by atomic mass is 10.1. The van der Waals surface area contributed by atoms with Gasteiger partial charge < -0.3 is 10.8 Å². The van der Waals surface area contributed by atoms with E-state index in [0.29, 0.717) is 11.4 Å². The molecule has 0 aliphatic heterocycles. The van der Waals surface area contributed by atoms with E-state index in [1.165, 1.54) is 10.7 Å². The zero-order chi connectivity index (χ0) is 14.8. The van der Waals surface area contributed by atoms with Crippen LogP contribution >= 0.6 is 0 Å². The normalized spacial score (nSPS) is 10.5. The summed E-state index contributed by atoms with van der Waals surface area (Å²) in [6.07, 6.45) is 3.49. The maximum atomic E-state index is 11.3. The van der Waals surface area contributed by atoms with Crippen LogP contribution in [-0.2, 0) is 0 Å². The average Bonchev–Trinajstić information content (AvgIpc) is 2.97. The third kappa shape index (κ3) is 2.49. The van der Waals surface area contributed by atoms with Gasteiger partial charge >= 0.3 is 5.97 Å². The molecule has 104 valence electrons. The van der Waals surface area contributed by atoms with Crippen LogP contribution in [0.25, 0.3) is 16.8 Å². The molecule has 0 amide bonds. The number of aromatic carboxylic acids is 1. The van der Waals surface area contributed by atoms with E-state index in [1.54, 1.807) is 24.5 Å². The summed E-state index contributed by atoms with van der Waals surface area (Å²) in [7, 11) is 0. The first kappa shape index (κ1) is 12.9. The molecule has 0 radical (unpaired) electrons. The molecule has 0 saturated heterocycles. The number of carbonyl (C=O) groups is 1. The summed E-state index contributed by atoms with van der Waals surface area (Å²) in [4.78, 5) is 11.3. The van der Waals surface area contributed by atoms with Gasteiger partial charge in [-0.3, -0.25) is 0 Å². The van der Waals surface area contributed by atoms with Crippen LogP contribution < -0.4 is 5.73 Å². The number of carboxylic acid groups (broad SMARTS) is 1. The summed E-state index contributed by atoms with van der Waals surface area (Å²) in [5.41, 5.74) is 8.78. The maximum Gasteiger partial charge on any atom is 0.337 e. The molecule has 0 fully saturated rings. The molecule has 1 aromatic heterocycles. The number of anilines is 1. The van der Waals surface area contributed by atoms with E-state index in [9.17, 15) is 9.90 Å². The molecule has 3 rings (SSSR count). The highest BCUT2D eigenvalue weighted by molar-refractivity contribution is 5.92. The second-order valence-corrected chi connectivity index (χ2v) is 4.62. The van der Waals surface area contributed by atoms with Gasteiger partial charge in [0, 0.05) is 17.4 Å². The fourth-order valence-corrected chi connectivity index (χ4v) is 2.15. The first-order valence-electron chi connectivity index (χ1n) is 6.38. The number of hydrogen-bond donors (Lipinski definition) is 2. The van der Waals surface area contributed by atoms with Crippen molar-refractivity contribution >= 4 is 11.7 Å². The van der Waals surface area contributed by atoms with E-state index in [4.69, 9.17) is 5.73 Å². The van der Waals surface area contributed by atoms with Gasteiger partial charge in [-0.1, -0.05) is 30.3 Å². The number of benzene rings is 2. The average molecular weight is 279 g/mol. The molecule has 0 atom stereocenters. The third-order valence-corrected chi connectivity index (χ3v) is 3.19. The van der Waals surface area contributed by atoms with Crippen molar-refractivity contribution in [2.24, 2.45) is 0 Å². The monoisotopic (exact) mass is 279 g/mol. The van der Waals surface area contributed by atoms with Gasteiger partial charge in [-0.05, 0) is 23.8 Å². The fourth-order valence-electron chi connectivity index (χ4n) is 2.15. The Morgan fingerprint density at radius 3 is 2.57 bits per heavy atom. The summed E-state index contributed by atoms with van der Waals surface area (Å²) in [5, 5.41) is 13.5. The van der Waals surface area contributed by atoms with Crippen molar-refractivity contribution in [3.63, 3.8) is 0 Å². The number of hydrogen-bond acceptors (Lipinski definition) is 3. The van der Waals surface area contributed by atoms with Crippen molar-refractivity contribution < 1.29 is 9.90 Å². The number of carboxylic acids is 1. The van der Waals surface area contributed by atoms with Crippen molar-refractivity contribution in [1.82, 2.24) is 9.78 Å². The van der Waals surface area contributed by atoms with Gasteiger partial charge in [0.25, 0.3) is 0 Å². The standard InChI is InChI=1S/C16H13N3O2/c17-13-6-7-14(16(20)21)15(8-13)19-10-12(9-18-19)11-4-2-1-3-5-11/h1-10H,17H2,(H,20,21). The third-order valence-electron chi connectivity index (χ3n) is 3.19. The molecule has 5 nitrogen and oxygen atoms in total. The topological polar surface area (TPSA) is 81.1 Å². The zero-order valence-electron chi connectivity index (χ0n) is 11.1. The minimum atomic E-state index is -1.01. The van der Waals surface area contributed by atoms with Crippen LogP contribution in [0.3, 0.4) is 0 Å². The van der Waals surface area contributed by atoms with Crippen LogP contribution in [0.4, 0.5) is 5.69 Å². The molecule has 0 aliphatic rings. The van der Waals surface area contributed by atoms with E-state index in [-0.39, 0.29) is 5.56 Å². The zero-order valence-corrected chi connectivity index (χ0v) is 11.1. The summed E-state index contributed by atoms with van der Waals surface area (Å²) >= 11 is 0. The van der Waals surface area contributed by atoms with Crippen LogP contribution in [0.1, 0.15) is 10.4 Å². The van der Waals surface area contributed by atoms with Crippen LogP contribution in [0.15, 0.2) is 60.9 Å². The molecule has 1 heterocycles. The van der Waals surface area contributed by atoms with Crippen molar-refractivity contribution in [1.29, 1.82) is 0 Å². The Kier molecular flexibility index (Phi) is 3.16. The Morgan fingerprint density at radius 2 is 1.86 bits per heavy atom. The molecule has 21 heavy (non-hydrogen) atoms. The second kappa shape index (κ2) is 5.13. The lowest BCUT2D eigenvalue weighted by Crippen LogP contribution is -2.06. The van der Waals surface area contributed by atoms with Crippen molar-refractivity contribution in [3.8, 4) is 16.8 Å². The molecule has 3 aromatic rings. The smallest absolute Gasteiger partial charge is 0.337 e. The maximum absolute atomic E-state index is 11.3. The second-order valence-electron chi connectivity index (χ2n) is 4.62. The van der Waals surface area contributed by atoms with E-state index in [2.05, 4.69) is 5.10 Å². The number of nitrogen functional groups attached to an aromatic ring is 1. The van der Waals surface area contributed by atoms with Crippen molar-refractivity contribution in [2.75, 3.05) is 5.73 Å². The van der Waals surface area contributed by atoms with Gasteiger partial charge in [-0.2, -0.15) is 5.10 Å². The Balaban J connectivity index is 2.08. The quantitative estimate of drug-likeness (QED) is 0.722. The summed E-state index contributed by atoms with van der Waals surface area (Å²) in [6.45, 7) is 0. The lowest BCUT2D eigenvalue weighted by Gasteiger charge is -2.07. The van der Waals surface area contributed by atoms with E-state index < -0.39 is 5.97 Å². The van der Waals surface area contributed by atoms with Crippen LogP contribution in [0.5, 0.6) is 0 Å². The Bertz CT molecular complexity index is 794. The van der Waals surface area contributed by atoms with Crippen molar-refractivity contribution in [2.45, 2.75) is 0 Å². The predicted molar refractivity (Wildman–Crippen MR) is 80.4 cm³/mol. The molecule has 2 aromatic carbocycles. The molecule has 0 bridgehead atoms. The minimum Gasteiger partial charge on any atom is -0.478 e. The van der Waals surface area contributed by atoms with Gasteiger partial charge in [-0.25, -0.2) is 9.48 Å². The SMILES string of the molecule is Nc1ccc(C(=O)O)c(-n2cc(-c3ccccc3)cn2)c1. The molecule has 0 spiro atoms. The van der Waals surface area contributed by atoms with Gasteiger partial charge in [0.2, 0.25) is 0 Å². The first-order chi connectivity index (χ1) is 10.1. The Morgan fingerprint density at radius 1 is 1.10 bits per heavy atom. The largest absolute Gasteiger partial charge is 0.478 e. The molecular formula is C16H13N3O2. The van der Waals surface area contributed by atoms with Crippen LogP contribution in [0.2, 0.25) is 0 Å². The number of nitrogens with two attached hydrogens (primary N) is 1.